The van der Waals surface area contributed by atoms with Crippen LogP contribution >= 0.6 is 0 Å². The highest BCUT2D eigenvalue weighted by molar-refractivity contribution is 6.13. The van der Waals surface area contributed by atoms with Gasteiger partial charge in [0.2, 0.25) is 0 Å². The van der Waals surface area contributed by atoms with Crippen molar-refractivity contribution in [3.63, 3.8) is 0 Å². The van der Waals surface area contributed by atoms with Crippen LogP contribution in [0.1, 0.15) is 18.9 Å². The first-order valence-electron chi connectivity index (χ1n) is 7.42. The van der Waals surface area contributed by atoms with Crippen LogP contribution in [0.3, 0.4) is 0 Å². The lowest BCUT2D eigenvalue weighted by Gasteiger charge is -2.11. The van der Waals surface area contributed by atoms with Gasteiger partial charge in [-0.1, -0.05) is 44.4 Å². The third-order valence-electron chi connectivity index (χ3n) is 3.44. The van der Waals surface area contributed by atoms with E-state index < -0.39 is 0 Å². The zero-order chi connectivity index (χ0) is 16.7. The molecule has 2 heterocycles. The van der Waals surface area contributed by atoms with E-state index in [2.05, 4.69) is 35.3 Å². The lowest BCUT2D eigenvalue weighted by Crippen LogP contribution is -2.00. The van der Waals surface area contributed by atoms with Gasteiger partial charge in [0.1, 0.15) is 5.69 Å². The SMILES string of the molecule is C=C/C=C\C(C(=N)C=C)=C(\CC)c1c[nH]nc1-c1ccccn1. The molecule has 2 aromatic rings. The van der Waals surface area contributed by atoms with Crippen LogP contribution in [0.4, 0.5) is 0 Å². The van der Waals surface area contributed by atoms with Gasteiger partial charge >= 0.3 is 0 Å². The minimum absolute atomic E-state index is 0.369. The first kappa shape index (κ1) is 16.4. The summed E-state index contributed by atoms with van der Waals surface area (Å²) in [6.45, 7) is 9.47. The molecule has 0 bridgehead atoms. The van der Waals surface area contributed by atoms with Gasteiger partial charge in [-0.05, 0) is 30.2 Å². The number of hydrogen-bond acceptors (Lipinski definition) is 3. The van der Waals surface area contributed by atoms with Gasteiger partial charge in [-0.15, -0.1) is 0 Å². The van der Waals surface area contributed by atoms with Crippen LogP contribution in [-0.2, 0) is 0 Å². The molecule has 2 N–H and O–H groups in total. The molecular formula is C19H20N4. The molecule has 116 valence electrons. The van der Waals surface area contributed by atoms with E-state index in [4.69, 9.17) is 5.41 Å². The van der Waals surface area contributed by atoms with Gasteiger partial charge < -0.3 is 5.41 Å². The van der Waals surface area contributed by atoms with Crippen LogP contribution in [0.2, 0.25) is 0 Å². The predicted octanol–water partition coefficient (Wildman–Crippen LogP) is 4.58. The fourth-order valence-corrected chi connectivity index (χ4v) is 2.37. The Hall–Kier alpha value is -3.01. The average Bonchev–Trinajstić information content (AvgIpc) is 3.08. The molecule has 0 saturated carbocycles. The second kappa shape index (κ2) is 7.84. The highest BCUT2D eigenvalue weighted by Gasteiger charge is 2.16. The Morgan fingerprint density at radius 3 is 2.78 bits per heavy atom. The third kappa shape index (κ3) is 3.61. The Morgan fingerprint density at radius 1 is 1.35 bits per heavy atom. The molecule has 0 amide bonds. The van der Waals surface area contributed by atoms with Gasteiger partial charge in [0, 0.05) is 23.5 Å². The first-order chi connectivity index (χ1) is 11.2. The fourth-order valence-electron chi connectivity index (χ4n) is 2.37. The molecule has 0 unspecified atom stereocenters. The standard InChI is InChI=1S/C19H20N4/c1-4-7-10-15(17(20)6-3)14(5-2)16-13-22-23-19(16)18-11-8-9-12-21-18/h4,6-13,20H,1,3,5H2,2H3,(H,22,23)/b10-7-,15-14+,20-17?. The molecular weight excluding hydrogens is 284 g/mol. The number of nitrogens with one attached hydrogen (secondary N) is 2. The summed E-state index contributed by atoms with van der Waals surface area (Å²) in [5, 5.41) is 15.4. The third-order valence-corrected chi connectivity index (χ3v) is 3.44. The molecule has 4 nitrogen and oxygen atoms in total. The number of aromatic nitrogens is 3. The van der Waals surface area contributed by atoms with Crippen molar-refractivity contribution in [3.05, 3.63) is 79.2 Å². The first-order valence-corrected chi connectivity index (χ1v) is 7.42. The number of hydrogen-bond donors (Lipinski definition) is 2. The minimum Gasteiger partial charge on any atom is -0.300 e. The molecule has 4 heteroatoms. The summed E-state index contributed by atoms with van der Waals surface area (Å²) in [7, 11) is 0. The van der Waals surface area contributed by atoms with E-state index in [1.54, 1.807) is 18.3 Å². The summed E-state index contributed by atoms with van der Waals surface area (Å²) in [5.41, 5.74) is 4.72. The summed E-state index contributed by atoms with van der Waals surface area (Å²) in [4.78, 5) is 4.37. The Bertz CT molecular complexity index is 764. The van der Waals surface area contributed by atoms with Crippen LogP contribution in [0, 0.1) is 5.41 Å². The lowest BCUT2D eigenvalue weighted by atomic mass is 9.93. The molecule has 0 aliphatic carbocycles. The quantitative estimate of drug-likeness (QED) is 0.580. The van der Waals surface area contributed by atoms with Crippen molar-refractivity contribution in [2.24, 2.45) is 0 Å². The highest BCUT2D eigenvalue weighted by Crippen LogP contribution is 2.30. The van der Waals surface area contributed by atoms with E-state index in [0.29, 0.717) is 5.71 Å². The number of H-pyrrole nitrogens is 1. The predicted molar refractivity (Wildman–Crippen MR) is 96.3 cm³/mol. The monoisotopic (exact) mass is 304 g/mol. The largest absolute Gasteiger partial charge is 0.300 e. The molecule has 0 fully saturated rings. The van der Waals surface area contributed by atoms with Crippen LogP contribution in [0.5, 0.6) is 0 Å². The second-order valence-corrected chi connectivity index (χ2v) is 4.82. The average molecular weight is 304 g/mol. The van der Waals surface area contributed by atoms with Crippen LogP contribution in [0.15, 0.2) is 73.6 Å². The molecule has 23 heavy (non-hydrogen) atoms. The zero-order valence-corrected chi connectivity index (χ0v) is 13.2. The fraction of sp³-hybridized carbons (Fsp3) is 0.105. The smallest absolute Gasteiger partial charge is 0.118 e. The summed E-state index contributed by atoms with van der Waals surface area (Å²) in [6.07, 6.45) is 11.3. The van der Waals surface area contributed by atoms with E-state index in [1.165, 1.54) is 0 Å². The summed E-state index contributed by atoms with van der Waals surface area (Å²) >= 11 is 0. The normalized spacial score (nSPS) is 12.0. The van der Waals surface area contributed by atoms with Crippen LogP contribution < -0.4 is 0 Å². The van der Waals surface area contributed by atoms with E-state index in [-0.39, 0.29) is 0 Å². The molecule has 0 radical (unpaired) electrons. The van der Waals surface area contributed by atoms with Crippen molar-refractivity contribution in [2.75, 3.05) is 0 Å². The van der Waals surface area contributed by atoms with Crippen molar-refractivity contribution in [3.8, 4) is 11.4 Å². The zero-order valence-electron chi connectivity index (χ0n) is 13.2. The molecule has 0 saturated heterocycles. The number of allylic oxidation sites excluding steroid dienone is 6. The number of pyridine rings is 1. The maximum atomic E-state index is 8.18. The Balaban J connectivity index is 2.65. The Labute approximate surface area is 136 Å². The van der Waals surface area contributed by atoms with E-state index >= 15 is 0 Å². The number of nitrogens with zero attached hydrogens (tertiary/aromatic N) is 2. The Kier molecular flexibility index (Phi) is 5.58. The molecule has 2 rings (SSSR count). The van der Waals surface area contributed by atoms with Gasteiger partial charge in [-0.3, -0.25) is 10.1 Å². The molecule has 0 aromatic carbocycles. The van der Waals surface area contributed by atoms with Crippen molar-refractivity contribution in [1.82, 2.24) is 15.2 Å². The lowest BCUT2D eigenvalue weighted by molar-refractivity contribution is 1.09. The number of aromatic amines is 1. The topological polar surface area (TPSA) is 65.4 Å². The minimum atomic E-state index is 0.369. The van der Waals surface area contributed by atoms with Crippen molar-refractivity contribution in [1.29, 1.82) is 5.41 Å². The van der Waals surface area contributed by atoms with Crippen molar-refractivity contribution >= 4 is 11.3 Å². The Morgan fingerprint density at radius 2 is 2.17 bits per heavy atom. The van der Waals surface area contributed by atoms with Crippen molar-refractivity contribution in [2.45, 2.75) is 13.3 Å². The number of rotatable bonds is 7. The molecule has 0 spiro atoms. The van der Waals surface area contributed by atoms with Gasteiger partial charge in [-0.25, -0.2) is 0 Å². The molecule has 0 aliphatic heterocycles. The molecule has 0 aliphatic rings. The molecule has 0 atom stereocenters. The van der Waals surface area contributed by atoms with E-state index in [1.807, 2.05) is 36.5 Å². The second-order valence-electron chi connectivity index (χ2n) is 4.82. The van der Waals surface area contributed by atoms with E-state index in [9.17, 15) is 0 Å². The summed E-state index contributed by atoms with van der Waals surface area (Å²) < 4.78 is 0. The van der Waals surface area contributed by atoms with Crippen molar-refractivity contribution < 1.29 is 0 Å². The van der Waals surface area contributed by atoms with Gasteiger partial charge in [0.25, 0.3) is 0 Å². The summed E-state index contributed by atoms with van der Waals surface area (Å²) in [6, 6.07) is 5.73. The maximum absolute atomic E-state index is 8.18. The summed E-state index contributed by atoms with van der Waals surface area (Å²) in [5.74, 6) is 0. The molecule has 2 aromatic heterocycles. The van der Waals surface area contributed by atoms with Crippen LogP contribution in [0.25, 0.3) is 17.0 Å². The highest BCUT2D eigenvalue weighted by atomic mass is 15.1. The van der Waals surface area contributed by atoms with Crippen LogP contribution in [-0.4, -0.2) is 20.9 Å². The van der Waals surface area contributed by atoms with Gasteiger partial charge in [0.05, 0.1) is 11.4 Å². The van der Waals surface area contributed by atoms with E-state index in [0.717, 1.165) is 34.5 Å². The van der Waals surface area contributed by atoms with Gasteiger partial charge in [-0.2, -0.15) is 5.10 Å². The van der Waals surface area contributed by atoms with Gasteiger partial charge in [0.15, 0.2) is 0 Å². The maximum Gasteiger partial charge on any atom is 0.118 e.